The molecule has 7 heteroatoms. The lowest BCUT2D eigenvalue weighted by atomic mass is 10.2. The molecule has 4 N–H and O–H groups in total. The second-order valence-electron chi connectivity index (χ2n) is 3.06. The van der Waals surface area contributed by atoms with Crippen molar-refractivity contribution >= 4 is 55.3 Å². The molecule has 0 aliphatic rings. The minimum Gasteiger partial charge on any atom is -0.370 e. The van der Waals surface area contributed by atoms with Crippen molar-refractivity contribution in [2.24, 2.45) is 16.5 Å². The van der Waals surface area contributed by atoms with Gasteiger partial charge in [-0.3, -0.25) is 0 Å². The largest absolute Gasteiger partial charge is 0.370 e. The normalized spacial score (nSPS) is 9.47. The average Bonchev–Trinajstić information content (AvgIpc) is 2.65. The van der Waals surface area contributed by atoms with E-state index < -0.39 is 0 Å². The van der Waals surface area contributed by atoms with Gasteiger partial charge in [-0.25, -0.2) is 4.98 Å². The van der Waals surface area contributed by atoms with E-state index in [2.05, 4.69) is 25.9 Å². The zero-order valence-corrected chi connectivity index (χ0v) is 12.7. The number of hydrogen-bond donors (Lipinski definition) is 2. The van der Waals surface area contributed by atoms with E-state index in [1.807, 2.05) is 29.6 Å². The first-order chi connectivity index (χ1) is 7.65. The number of nitrogens with two attached hydrogens (primary N) is 2. The van der Waals surface area contributed by atoms with Crippen LogP contribution in [0.1, 0.15) is 0 Å². The molecule has 0 amide bonds. The number of guanidine groups is 1. The first kappa shape index (κ1) is 14.1. The highest BCUT2D eigenvalue weighted by Crippen LogP contribution is 2.27. The van der Waals surface area contributed by atoms with Crippen LogP contribution < -0.4 is 11.5 Å². The summed E-state index contributed by atoms with van der Waals surface area (Å²) in [6, 6.07) is 7.90. The quantitative estimate of drug-likeness (QED) is 0.623. The van der Waals surface area contributed by atoms with Crippen molar-refractivity contribution in [3.63, 3.8) is 0 Å². The lowest BCUT2D eigenvalue weighted by Crippen LogP contribution is -2.21. The van der Waals surface area contributed by atoms with E-state index in [0.29, 0.717) is 5.13 Å². The minimum absolute atomic E-state index is 0. The maximum atomic E-state index is 5.28. The van der Waals surface area contributed by atoms with Crippen LogP contribution >= 0.6 is 44.2 Å². The zero-order chi connectivity index (χ0) is 11.5. The van der Waals surface area contributed by atoms with Crippen molar-refractivity contribution in [2.45, 2.75) is 0 Å². The molecule has 0 atom stereocenters. The van der Waals surface area contributed by atoms with Gasteiger partial charge in [-0.15, -0.1) is 28.3 Å². The van der Waals surface area contributed by atoms with Crippen LogP contribution in [0.4, 0.5) is 5.13 Å². The van der Waals surface area contributed by atoms with Crippen molar-refractivity contribution in [1.29, 1.82) is 0 Å². The maximum absolute atomic E-state index is 5.28. The monoisotopic (exact) mass is 376 g/mol. The van der Waals surface area contributed by atoms with Crippen LogP contribution in [0.15, 0.2) is 39.1 Å². The van der Waals surface area contributed by atoms with E-state index in [0.717, 1.165) is 15.7 Å². The highest BCUT2D eigenvalue weighted by Gasteiger charge is 2.04. The molecule has 90 valence electrons. The SMILES string of the molecule is Br.NC(N)=Nc1nc(-c2cccc(Br)c2)cs1. The van der Waals surface area contributed by atoms with Gasteiger partial charge in [-0.1, -0.05) is 28.1 Å². The van der Waals surface area contributed by atoms with Gasteiger partial charge in [0.15, 0.2) is 5.96 Å². The van der Waals surface area contributed by atoms with E-state index in [4.69, 9.17) is 11.5 Å². The van der Waals surface area contributed by atoms with Crippen molar-refractivity contribution in [2.75, 3.05) is 0 Å². The van der Waals surface area contributed by atoms with Crippen molar-refractivity contribution in [3.8, 4) is 11.3 Å². The van der Waals surface area contributed by atoms with Crippen LogP contribution in [0.3, 0.4) is 0 Å². The standard InChI is InChI=1S/C10H9BrN4S.BrH/c11-7-3-1-2-6(4-7)8-5-16-10(14-8)15-9(12)13;/h1-5H,(H4,12,13,14,15);1H. The third-order valence-electron chi connectivity index (χ3n) is 1.84. The molecule has 0 unspecified atom stereocenters. The minimum atomic E-state index is 0. The fourth-order valence-electron chi connectivity index (χ4n) is 1.21. The smallest absolute Gasteiger partial charge is 0.212 e. The van der Waals surface area contributed by atoms with Gasteiger partial charge >= 0.3 is 0 Å². The molecule has 17 heavy (non-hydrogen) atoms. The Kier molecular flexibility index (Phi) is 5.10. The second kappa shape index (κ2) is 6.13. The van der Waals surface area contributed by atoms with E-state index in [1.54, 1.807) is 0 Å². The summed E-state index contributed by atoms with van der Waals surface area (Å²) in [4.78, 5) is 8.21. The molecule has 1 aromatic carbocycles. The molecule has 0 fully saturated rings. The Hall–Kier alpha value is -0.920. The van der Waals surface area contributed by atoms with Crippen LogP contribution in [0, 0.1) is 0 Å². The molecule has 0 aliphatic heterocycles. The number of halogens is 2. The Balaban J connectivity index is 0.00000144. The molecule has 0 spiro atoms. The number of aliphatic imine (C=N–C) groups is 1. The Morgan fingerprint density at radius 2 is 2.12 bits per heavy atom. The summed E-state index contributed by atoms with van der Waals surface area (Å²) in [5.74, 6) is 0.0233. The van der Waals surface area contributed by atoms with Crippen LogP contribution in [0.2, 0.25) is 0 Å². The maximum Gasteiger partial charge on any atom is 0.212 e. The second-order valence-corrected chi connectivity index (χ2v) is 4.81. The summed E-state index contributed by atoms with van der Waals surface area (Å²) >= 11 is 4.82. The number of thiazole rings is 1. The number of benzene rings is 1. The van der Waals surface area contributed by atoms with Crippen LogP contribution in [0.25, 0.3) is 11.3 Å². The van der Waals surface area contributed by atoms with Gasteiger partial charge in [-0.05, 0) is 12.1 Å². The third kappa shape index (κ3) is 3.79. The van der Waals surface area contributed by atoms with E-state index in [9.17, 15) is 0 Å². The summed E-state index contributed by atoms with van der Waals surface area (Å²) in [5, 5.41) is 2.48. The number of hydrogen-bond acceptors (Lipinski definition) is 3. The van der Waals surface area contributed by atoms with Gasteiger partial charge in [0.25, 0.3) is 0 Å². The first-order valence-corrected chi connectivity index (χ1v) is 6.13. The number of rotatable bonds is 2. The molecule has 1 heterocycles. The van der Waals surface area contributed by atoms with Gasteiger partial charge in [0.1, 0.15) is 0 Å². The summed E-state index contributed by atoms with van der Waals surface area (Å²) in [6.45, 7) is 0. The summed E-state index contributed by atoms with van der Waals surface area (Å²) < 4.78 is 1.02. The molecular weight excluding hydrogens is 368 g/mol. The molecule has 1 aromatic heterocycles. The molecule has 2 rings (SSSR count). The highest BCUT2D eigenvalue weighted by atomic mass is 79.9. The average molecular weight is 378 g/mol. The summed E-state index contributed by atoms with van der Waals surface area (Å²) in [5.41, 5.74) is 12.5. The lowest BCUT2D eigenvalue weighted by Gasteiger charge is -1.96. The molecule has 2 aromatic rings. The van der Waals surface area contributed by atoms with Gasteiger partial charge < -0.3 is 11.5 Å². The van der Waals surface area contributed by atoms with Crippen LogP contribution in [-0.2, 0) is 0 Å². The zero-order valence-electron chi connectivity index (χ0n) is 8.63. The van der Waals surface area contributed by atoms with Gasteiger partial charge in [0, 0.05) is 15.4 Å². The van der Waals surface area contributed by atoms with Crippen LogP contribution in [0.5, 0.6) is 0 Å². The molecular formula is C10H10Br2N4S. The van der Waals surface area contributed by atoms with Gasteiger partial charge in [0.2, 0.25) is 5.13 Å². The summed E-state index contributed by atoms with van der Waals surface area (Å²) in [7, 11) is 0. The molecule has 0 bridgehead atoms. The summed E-state index contributed by atoms with van der Waals surface area (Å²) in [6.07, 6.45) is 0. The molecule has 0 saturated heterocycles. The molecule has 0 saturated carbocycles. The van der Waals surface area contributed by atoms with Crippen molar-refractivity contribution in [3.05, 3.63) is 34.1 Å². The Labute approximate surface area is 122 Å². The van der Waals surface area contributed by atoms with Gasteiger partial charge in [-0.2, -0.15) is 4.99 Å². The molecule has 4 nitrogen and oxygen atoms in total. The number of aromatic nitrogens is 1. The third-order valence-corrected chi connectivity index (χ3v) is 3.06. The fourth-order valence-corrected chi connectivity index (χ4v) is 2.32. The predicted molar refractivity (Wildman–Crippen MR) is 81.0 cm³/mol. The van der Waals surface area contributed by atoms with E-state index in [1.165, 1.54) is 11.3 Å². The first-order valence-electron chi connectivity index (χ1n) is 4.46. The van der Waals surface area contributed by atoms with E-state index >= 15 is 0 Å². The van der Waals surface area contributed by atoms with Gasteiger partial charge in [0.05, 0.1) is 5.69 Å². The molecule has 0 radical (unpaired) electrons. The Morgan fingerprint density at radius 1 is 1.35 bits per heavy atom. The Bertz CT molecular complexity index is 535. The van der Waals surface area contributed by atoms with E-state index in [-0.39, 0.29) is 22.9 Å². The predicted octanol–water partition coefficient (Wildman–Crippen LogP) is 3.06. The van der Waals surface area contributed by atoms with Crippen LogP contribution in [-0.4, -0.2) is 10.9 Å². The van der Waals surface area contributed by atoms with Crippen molar-refractivity contribution in [1.82, 2.24) is 4.98 Å². The fraction of sp³-hybridized carbons (Fsp3) is 0. The molecule has 0 aliphatic carbocycles. The highest BCUT2D eigenvalue weighted by molar-refractivity contribution is 9.10. The Morgan fingerprint density at radius 3 is 2.76 bits per heavy atom. The van der Waals surface area contributed by atoms with Crippen molar-refractivity contribution < 1.29 is 0 Å². The topological polar surface area (TPSA) is 77.3 Å². The lowest BCUT2D eigenvalue weighted by molar-refractivity contribution is 1.33. The number of nitrogens with zero attached hydrogens (tertiary/aromatic N) is 2.